The topological polar surface area (TPSA) is 44.8 Å². The highest BCUT2D eigenvalue weighted by molar-refractivity contribution is 6.06. The second-order valence-electron chi connectivity index (χ2n) is 7.65. The first-order valence-electron chi connectivity index (χ1n) is 10.5. The fourth-order valence-corrected chi connectivity index (χ4v) is 2.94. The van der Waals surface area contributed by atoms with Gasteiger partial charge in [-0.1, -0.05) is 24.8 Å². The van der Waals surface area contributed by atoms with E-state index in [-0.39, 0.29) is 18.0 Å². The zero-order chi connectivity index (χ0) is 22.8. The Morgan fingerprint density at radius 3 is 2.23 bits per heavy atom. The molecule has 0 unspecified atom stereocenters. The first-order valence-corrected chi connectivity index (χ1v) is 10.5. The summed E-state index contributed by atoms with van der Waals surface area (Å²) >= 11 is 0. The summed E-state index contributed by atoms with van der Waals surface area (Å²) < 4.78 is 17.5. The summed E-state index contributed by atoms with van der Waals surface area (Å²) in [7, 11) is 0. The molecular weight excluding hydrogens is 388 g/mol. The fourth-order valence-electron chi connectivity index (χ4n) is 2.94. The average Bonchev–Trinajstić information content (AvgIpc) is 2.72. The summed E-state index contributed by atoms with van der Waals surface area (Å²) in [6.07, 6.45) is 7.51. The highest BCUT2D eigenvalue weighted by atomic mass is 16.5. The van der Waals surface area contributed by atoms with Crippen LogP contribution in [0.5, 0.6) is 17.2 Å². The van der Waals surface area contributed by atoms with Gasteiger partial charge >= 0.3 is 0 Å². The van der Waals surface area contributed by atoms with Crippen molar-refractivity contribution in [3.8, 4) is 17.2 Å². The number of carbonyl (C=O) groups is 1. The quantitative estimate of drug-likeness (QED) is 0.225. The van der Waals surface area contributed by atoms with Crippen LogP contribution in [0.25, 0.3) is 6.08 Å². The predicted octanol–water partition coefficient (Wildman–Crippen LogP) is 6.45. The molecule has 0 amide bonds. The molecule has 0 atom stereocenters. The molecule has 2 aromatic carbocycles. The van der Waals surface area contributed by atoms with Crippen molar-refractivity contribution in [3.63, 3.8) is 0 Å². The molecule has 0 spiro atoms. The summed E-state index contributed by atoms with van der Waals surface area (Å²) in [4.78, 5) is 12.6. The van der Waals surface area contributed by atoms with Crippen molar-refractivity contribution < 1.29 is 19.0 Å². The number of hydrogen-bond acceptors (Lipinski definition) is 4. The number of rotatable bonds is 12. The summed E-state index contributed by atoms with van der Waals surface area (Å²) in [5, 5.41) is 0. The highest BCUT2D eigenvalue weighted by Crippen LogP contribution is 2.36. The van der Waals surface area contributed by atoms with Crippen LogP contribution >= 0.6 is 0 Å². The zero-order valence-corrected chi connectivity index (χ0v) is 18.9. The van der Waals surface area contributed by atoms with E-state index in [0.29, 0.717) is 30.1 Å². The minimum absolute atomic E-state index is 0.00576. The zero-order valence-electron chi connectivity index (χ0n) is 18.9. The Balaban J connectivity index is 2.30. The molecule has 2 rings (SSSR count). The van der Waals surface area contributed by atoms with E-state index in [1.165, 1.54) is 0 Å². The van der Waals surface area contributed by atoms with E-state index in [1.54, 1.807) is 42.5 Å². The van der Waals surface area contributed by atoms with Gasteiger partial charge < -0.3 is 14.2 Å². The van der Waals surface area contributed by atoms with Gasteiger partial charge in [0.1, 0.15) is 12.4 Å². The van der Waals surface area contributed by atoms with Gasteiger partial charge in [0.2, 0.25) is 0 Å². The molecule has 0 N–H and O–H groups in total. The molecule has 4 heteroatoms. The lowest BCUT2D eigenvalue weighted by Gasteiger charge is -2.20. The third kappa shape index (κ3) is 7.49. The Morgan fingerprint density at radius 2 is 1.65 bits per heavy atom. The van der Waals surface area contributed by atoms with Crippen molar-refractivity contribution in [1.29, 1.82) is 0 Å². The predicted molar refractivity (Wildman–Crippen MR) is 127 cm³/mol. The van der Waals surface area contributed by atoms with Gasteiger partial charge in [0.25, 0.3) is 0 Å². The molecule has 0 fully saturated rings. The first-order chi connectivity index (χ1) is 14.8. The van der Waals surface area contributed by atoms with Gasteiger partial charge in [0.05, 0.1) is 12.2 Å². The van der Waals surface area contributed by atoms with Crippen LogP contribution in [-0.4, -0.2) is 24.6 Å². The third-order valence-corrected chi connectivity index (χ3v) is 4.17. The lowest BCUT2D eigenvalue weighted by atomic mass is 10.0. The summed E-state index contributed by atoms with van der Waals surface area (Å²) in [6, 6.07) is 11.0. The maximum atomic E-state index is 12.6. The van der Waals surface area contributed by atoms with Gasteiger partial charge in [-0.15, -0.1) is 6.58 Å². The molecule has 0 aliphatic heterocycles. The Kier molecular flexibility index (Phi) is 9.13. The second-order valence-corrected chi connectivity index (χ2v) is 7.65. The average molecular weight is 421 g/mol. The van der Waals surface area contributed by atoms with E-state index in [9.17, 15) is 4.79 Å². The van der Waals surface area contributed by atoms with Gasteiger partial charge in [-0.05, 0) is 82.2 Å². The summed E-state index contributed by atoms with van der Waals surface area (Å²) in [5.41, 5.74) is 2.42. The molecule has 0 aliphatic rings. The van der Waals surface area contributed by atoms with Crippen molar-refractivity contribution in [3.05, 3.63) is 84.5 Å². The van der Waals surface area contributed by atoms with Crippen molar-refractivity contribution in [2.75, 3.05) is 6.61 Å². The van der Waals surface area contributed by atoms with E-state index >= 15 is 0 Å². The monoisotopic (exact) mass is 420 g/mol. The molecule has 0 aliphatic carbocycles. The van der Waals surface area contributed by atoms with Gasteiger partial charge in [0.15, 0.2) is 17.3 Å². The normalized spacial score (nSPS) is 11.0. The van der Waals surface area contributed by atoms with E-state index in [4.69, 9.17) is 14.2 Å². The van der Waals surface area contributed by atoms with Crippen LogP contribution in [0.15, 0.2) is 67.8 Å². The Bertz CT molecular complexity index is 921. The highest BCUT2D eigenvalue weighted by Gasteiger charge is 2.15. The third-order valence-electron chi connectivity index (χ3n) is 4.17. The van der Waals surface area contributed by atoms with Crippen molar-refractivity contribution >= 4 is 11.9 Å². The molecule has 31 heavy (non-hydrogen) atoms. The molecule has 0 radical (unpaired) electrons. The summed E-state index contributed by atoms with van der Waals surface area (Å²) in [6.45, 7) is 15.8. The number of ether oxygens (including phenoxy) is 3. The lowest BCUT2D eigenvalue weighted by molar-refractivity contribution is 0.104. The van der Waals surface area contributed by atoms with E-state index in [0.717, 1.165) is 16.9 Å². The van der Waals surface area contributed by atoms with Gasteiger partial charge in [-0.3, -0.25) is 4.79 Å². The Morgan fingerprint density at radius 1 is 0.968 bits per heavy atom. The van der Waals surface area contributed by atoms with Gasteiger partial charge in [0, 0.05) is 11.1 Å². The smallest absolute Gasteiger partial charge is 0.185 e. The van der Waals surface area contributed by atoms with Crippen LogP contribution in [-0.2, 0) is 6.42 Å². The van der Waals surface area contributed by atoms with E-state index in [2.05, 4.69) is 13.2 Å². The molecule has 2 aromatic rings. The van der Waals surface area contributed by atoms with Crippen LogP contribution in [0, 0.1) is 0 Å². The molecule has 0 bridgehead atoms. The SMILES string of the molecule is C=CCOc1ccc(C(=O)/C=C/c2cc(CC=C)c(OC(C)C)c(OC(C)C)c2)cc1. The maximum absolute atomic E-state index is 12.6. The number of hydrogen-bond donors (Lipinski definition) is 0. The molecule has 164 valence electrons. The summed E-state index contributed by atoms with van der Waals surface area (Å²) in [5.74, 6) is 2.00. The first kappa shape index (κ1) is 24.0. The molecular formula is C27H32O4. The van der Waals surface area contributed by atoms with Crippen molar-refractivity contribution in [2.24, 2.45) is 0 Å². The largest absolute Gasteiger partial charge is 0.490 e. The molecule has 0 aromatic heterocycles. The van der Waals surface area contributed by atoms with Crippen molar-refractivity contribution in [2.45, 2.75) is 46.3 Å². The van der Waals surface area contributed by atoms with Crippen LogP contribution in [0.1, 0.15) is 49.2 Å². The molecule has 0 saturated heterocycles. The Labute approximate surface area is 185 Å². The Hall–Kier alpha value is -3.27. The molecule has 0 heterocycles. The second kappa shape index (κ2) is 11.8. The number of ketones is 1. The van der Waals surface area contributed by atoms with Gasteiger partial charge in [-0.25, -0.2) is 0 Å². The van der Waals surface area contributed by atoms with Gasteiger partial charge in [-0.2, -0.15) is 0 Å². The van der Waals surface area contributed by atoms with E-state index < -0.39 is 0 Å². The maximum Gasteiger partial charge on any atom is 0.185 e. The number of benzene rings is 2. The minimum Gasteiger partial charge on any atom is -0.490 e. The molecule has 0 saturated carbocycles. The number of allylic oxidation sites excluding steroid dienone is 2. The number of carbonyl (C=O) groups excluding carboxylic acids is 1. The fraction of sp³-hybridized carbons (Fsp3) is 0.296. The van der Waals surface area contributed by atoms with Crippen molar-refractivity contribution in [1.82, 2.24) is 0 Å². The lowest BCUT2D eigenvalue weighted by Crippen LogP contribution is -2.12. The standard InChI is InChI=1S/C27H32O4/c1-7-9-23-17-21(18-26(30-19(3)4)27(23)31-20(5)6)10-15-25(28)22-11-13-24(14-12-22)29-16-8-2/h7-8,10-15,17-20H,1-2,9,16H2,3-6H3/b15-10+. The van der Waals surface area contributed by atoms with Crippen LogP contribution in [0.2, 0.25) is 0 Å². The molecule has 4 nitrogen and oxygen atoms in total. The van der Waals surface area contributed by atoms with Crippen LogP contribution in [0.3, 0.4) is 0 Å². The van der Waals surface area contributed by atoms with E-state index in [1.807, 2.05) is 45.9 Å². The minimum atomic E-state index is -0.0885. The van der Waals surface area contributed by atoms with Crippen LogP contribution in [0.4, 0.5) is 0 Å². The van der Waals surface area contributed by atoms with Crippen LogP contribution < -0.4 is 14.2 Å².